The van der Waals surface area contributed by atoms with Gasteiger partial charge in [0.2, 0.25) is 0 Å². The molecule has 4 heteroatoms. The normalized spacial score (nSPS) is 11.6. The van der Waals surface area contributed by atoms with Gasteiger partial charge in [-0.3, -0.25) is 0 Å². The topological polar surface area (TPSA) is 21.3 Å². The van der Waals surface area contributed by atoms with Crippen molar-refractivity contribution >= 4 is 0 Å². The summed E-state index contributed by atoms with van der Waals surface area (Å²) in [4.78, 5) is 0. The molecule has 1 N–H and O–H groups in total. The zero-order chi connectivity index (χ0) is 12.2. The maximum Gasteiger partial charge on any atom is 0.270 e. The van der Waals surface area contributed by atoms with Crippen LogP contribution in [0, 0.1) is 0 Å². The highest BCUT2D eigenvalue weighted by Gasteiger charge is 2.25. The highest BCUT2D eigenvalue weighted by atomic mass is 19.3. The van der Waals surface area contributed by atoms with E-state index in [9.17, 15) is 8.78 Å². The van der Waals surface area contributed by atoms with Crippen molar-refractivity contribution in [1.82, 2.24) is 5.32 Å². The summed E-state index contributed by atoms with van der Waals surface area (Å²) in [5, 5.41) is 2.98. The molecule has 0 atom stereocenters. The van der Waals surface area contributed by atoms with E-state index in [0.29, 0.717) is 12.2 Å². The summed E-state index contributed by atoms with van der Waals surface area (Å²) < 4.78 is 31.4. The molecule has 1 aromatic rings. The van der Waals surface area contributed by atoms with Gasteiger partial charge in [0.1, 0.15) is 5.75 Å². The maximum absolute atomic E-state index is 13.1. The number of hydrogen-bond acceptors (Lipinski definition) is 2. The zero-order valence-corrected chi connectivity index (χ0v) is 9.81. The van der Waals surface area contributed by atoms with Crippen LogP contribution in [0.5, 0.6) is 5.75 Å². The molecule has 2 nitrogen and oxygen atoms in total. The smallest absolute Gasteiger partial charge is 0.270 e. The molecular weight excluding hydrogens is 212 g/mol. The molecule has 0 fully saturated rings. The van der Waals surface area contributed by atoms with Gasteiger partial charge in [-0.05, 0) is 43.8 Å². The molecule has 0 spiro atoms. The van der Waals surface area contributed by atoms with Crippen molar-refractivity contribution in [3.05, 3.63) is 29.3 Å². The standard InChI is InChI=1S/C12H17F2NO/c1-12(13,14)10-4-5-11(16-3)9(8-10)6-7-15-2/h4-5,8,15H,6-7H2,1-3H3. The van der Waals surface area contributed by atoms with Crippen molar-refractivity contribution in [3.63, 3.8) is 0 Å². The van der Waals surface area contributed by atoms with Crippen LogP contribution in [-0.4, -0.2) is 20.7 Å². The second-order valence-electron chi connectivity index (χ2n) is 3.77. The van der Waals surface area contributed by atoms with E-state index in [1.807, 2.05) is 7.05 Å². The molecule has 0 amide bonds. The van der Waals surface area contributed by atoms with E-state index < -0.39 is 5.92 Å². The van der Waals surface area contributed by atoms with E-state index in [1.54, 1.807) is 13.2 Å². The molecule has 0 unspecified atom stereocenters. The molecule has 16 heavy (non-hydrogen) atoms. The van der Waals surface area contributed by atoms with E-state index in [4.69, 9.17) is 4.74 Å². The van der Waals surface area contributed by atoms with Crippen LogP contribution in [0.15, 0.2) is 18.2 Å². The first-order valence-electron chi connectivity index (χ1n) is 5.19. The monoisotopic (exact) mass is 229 g/mol. The molecule has 0 saturated carbocycles. The predicted octanol–water partition coefficient (Wildman–Crippen LogP) is 2.57. The van der Waals surface area contributed by atoms with Crippen molar-refractivity contribution in [1.29, 1.82) is 0 Å². The third kappa shape index (κ3) is 3.17. The lowest BCUT2D eigenvalue weighted by Crippen LogP contribution is -2.13. The number of methoxy groups -OCH3 is 1. The first-order chi connectivity index (χ1) is 7.49. The van der Waals surface area contributed by atoms with Crippen LogP contribution in [0.4, 0.5) is 8.78 Å². The van der Waals surface area contributed by atoms with Crippen molar-refractivity contribution < 1.29 is 13.5 Å². The van der Waals surface area contributed by atoms with Crippen molar-refractivity contribution in [2.45, 2.75) is 19.3 Å². The van der Waals surface area contributed by atoms with Crippen LogP contribution in [0.3, 0.4) is 0 Å². The van der Waals surface area contributed by atoms with E-state index in [0.717, 1.165) is 19.0 Å². The lowest BCUT2D eigenvalue weighted by atomic mass is 10.0. The Morgan fingerprint density at radius 3 is 2.56 bits per heavy atom. The van der Waals surface area contributed by atoms with E-state index in [1.165, 1.54) is 12.1 Å². The molecule has 0 aliphatic rings. The Labute approximate surface area is 94.6 Å². The number of nitrogens with one attached hydrogen (secondary N) is 1. The first kappa shape index (κ1) is 12.9. The van der Waals surface area contributed by atoms with Gasteiger partial charge in [-0.25, -0.2) is 8.78 Å². The van der Waals surface area contributed by atoms with Gasteiger partial charge >= 0.3 is 0 Å². The summed E-state index contributed by atoms with van der Waals surface area (Å²) in [5.41, 5.74) is 0.829. The van der Waals surface area contributed by atoms with Crippen molar-refractivity contribution in [2.75, 3.05) is 20.7 Å². The first-order valence-corrected chi connectivity index (χ1v) is 5.19. The molecule has 0 radical (unpaired) electrons. The van der Waals surface area contributed by atoms with Gasteiger partial charge in [0.15, 0.2) is 0 Å². The lowest BCUT2D eigenvalue weighted by molar-refractivity contribution is 0.0173. The SMILES string of the molecule is CNCCc1cc(C(C)(F)F)ccc1OC. The van der Waals surface area contributed by atoms with Gasteiger partial charge in [-0.15, -0.1) is 0 Å². The second-order valence-corrected chi connectivity index (χ2v) is 3.77. The number of rotatable bonds is 5. The van der Waals surface area contributed by atoms with E-state index in [2.05, 4.69) is 5.32 Å². The Morgan fingerprint density at radius 1 is 1.38 bits per heavy atom. The van der Waals surface area contributed by atoms with Crippen molar-refractivity contribution in [3.8, 4) is 5.75 Å². The van der Waals surface area contributed by atoms with Gasteiger partial charge in [-0.2, -0.15) is 0 Å². The molecule has 0 aliphatic heterocycles. The minimum Gasteiger partial charge on any atom is -0.496 e. The van der Waals surface area contributed by atoms with Crippen LogP contribution in [-0.2, 0) is 12.3 Å². The molecule has 0 aliphatic carbocycles. The minimum absolute atomic E-state index is 0.0272. The molecule has 0 bridgehead atoms. The van der Waals surface area contributed by atoms with Gasteiger partial charge in [0, 0.05) is 12.5 Å². The quantitative estimate of drug-likeness (QED) is 0.837. The molecule has 0 saturated heterocycles. The van der Waals surface area contributed by atoms with Gasteiger partial charge in [0.05, 0.1) is 7.11 Å². The number of likely N-dealkylation sites (N-methyl/N-ethyl adjacent to an activating group) is 1. The van der Waals surface area contributed by atoms with Crippen LogP contribution in [0.25, 0.3) is 0 Å². The Kier molecular flexibility index (Phi) is 4.24. The van der Waals surface area contributed by atoms with Crippen molar-refractivity contribution in [2.24, 2.45) is 0 Å². The fourth-order valence-corrected chi connectivity index (χ4v) is 1.51. The largest absolute Gasteiger partial charge is 0.496 e. The summed E-state index contributed by atoms with van der Waals surface area (Å²) in [6.45, 7) is 1.63. The van der Waals surface area contributed by atoms with E-state index in [-0.39, 0.29) is 5.56 Å². The zero-order valence-electron chi connectivity index (χ0n) is 9.81. The third-order valence-corrected chi connectivity index (χ3v) is 2.43. The highest BCUT2D eigenvalue weighted by Crippen LogP contribution is 2.30. The highest BCUT2D eigenvalue weighted by molar-refractivity contribution is 5.39. The summed E-state index contributed by atoms with van der Waals surface area (Å²) >= 11 is 0. The summed E-state index contributed by atoms with van der Waals surface area (Å²) in [5.74, 6) is -2.15. The third-order valence-electron chi connectivity index (χ3n) is 2.43. The Morgan fingerprint density at radius 2 is 2.06 bits per heavy atom. The number of hydrogen-bond donors (Lipinski definition) is 1. The van der Waals surface area contributed by atoms with Crippen LogP contribution < -0.4 is 10.1 Å². The van der Waals surface area contributed by atoms with Crippen LogP contribution in [0.1, 0.15) is 18.1 Å². The van der Waals surface area contributed by atoms with E-state index >= 15 is 0 Å². The predicted molar refractivity (Wildman–Crippen MR) is 60.2 cm³/mol. The Balaban J connectivity index is 3.01. The summed E-state index contributed by atoms with van der Waals surface area (Å²) in [7, 11) is 3.37. The molecule has 0 heterocycles. The average Bonchev–Trinajstić information content (AvgIpc) is 2.24. The van der Waals surface area contributed by atoms with Gasteiger partial charge < -0.3 is 10.1 Å². The average molecular weight is 229 g/mol. The fraction of sp³-hybridized carbons (Fsp3) is 0.500. The molecule has 1 aromatic carbocycles. The summed E-state index contributed by atoms with van der Waals surface area (Å²) in [6, 6.07) is 4.51. The Hall–Kier alpha value is -1.16. The molecule has 1 rings (SSSR count). The summed E-state index contributed by atoms with van der Waals surface area (Å²) in [6.07, 6.45) is 0.670. The molecular formula is C12H17F2NO. The lowest BCUT2D eigenvalue weighted by Gasteiger charge is -2.14. The van der Waals surface area contributed by atoms with Crippen LogP contribution >= 0.6 is 0 Å². The molecule has 90 valence electrons. The number of benzene rings is 1. The fourth-order valence-electron chi connectivity index (χ4n) is 1.51. The number of ether oxygens (including phenoxy) is 1. The van der Waals surface area contributed by atoms with Gasteiger partial charge in [0.25, 0.3) is 5.92 Å². The Bertz CT molecular complexity index is 347. The minimum atomic E-state index is -2.80. The number of halogens is 2. The second kappa shape index (κ2) is 5.25. The van der Waals surface area contributed by atoms with Gasteiger partial charge in [-0.1, -0.05) is 0 Å². The molecule has 0 aromatic heterocycles. The van der Waals surface area contributed by atoms with Crippen LogP contribution in [0.2, 0.25) is 0 Å². The number of alkyl halides is 2. The maximum atomic E-state index is 13.1.